The predicted octanol–water partition coefficient (Wildman–Crippen LogP) is 2.82. The lowest BCUT2D eigenvalue weighted by Gasteiger charge is -2.16. The number of hydrogen-bond donors (Lipinski definition) is 1. The van der Waals surface area contributed by atoms with Crippen molar-refractivity contribution >= 4 is 0 Å². The summed E-state index contributed by atoms with van der Waals surface area (Å²) < 4.78 is 29.0. The molecule has 1 N–H and O–H groups in total. The van der Waals surface area contributed by atoms with Crippen LogP contribution in [0.1, 0.15) is 24.1 Å². The number of hydrogen-bond acceptors (Lipinski definition) is 2. The standard InChI is InChI=1S/C14H17F2N3/c1-10-8-14(16)12(9-13(10)15)11(2)17-5-7-19-6-3-4-18-19/h3-4,6,8-9,11,17H,5,7H2,1-2H3. The zero-order chi connectivity index (χ0) is 13.8. The molecular formula is C14H17F2N3. The Morgan fingerprint density at radius 2 is 2.11 bits per heavy atom. The van der Waals surface area contributed by atoms with Gasteiger partial charge in [0.25, 0.3) is 0 Å². The van der Waals surface area contributed by atoms with E-state index in [2.05, 4.69) is 10.4 Å². The number of rotatable bonds is 5. The molecule has 0 bridgehead atoms. The molecule has 0 spiro atoms. The highest BCUT2D eigenvalue weighted by Crippen LogP contribution is 2.20. The Labute approximate surface area is 111 Å². The van der Waals surface area contributed by atoms with Gasteiger partial charge < -0.3 is 5.32 Å². The Morgan fingerprint density at radius 3 is 2.79 bits per heavy atom. The van der Waals surface area contributed by atoms with Gasteiger partial charge in [-0.2, -0.15) is 5.10 Å². The lowest BCUT2D eigenvalue weighted by Crippen LogP contribution is -2.24. The maximum absolute atomic E-state index is 13.8. The molecule has 5 heteroatoms. The van der Waals surface area contributed by atoms with E-state index in [0.29, 0.717) is 24.2 Å². The number of nitrogens with zero attached hydrogens (tertiary/aromatic N) is 2. The van der Waals surface area contributed by atoms with Crippen LogP contribution < -0.4 is 5.32 Å². The van der Waals surface area contributed by atoms with Crippen molar-refractivity contribution in [2.24, 2.45) is 0 Å². The fraction of sp³-hybridized carbons (Fsp3) is 0.357. The summed E-state index contributed by atoms with van der Waals surface area (Å²) >= 11 is 0. The maximum Gasteiger partial charge on any atom is 0.128 e. The van der Waals surface area contributed by atoms with Crippen LogP contribution in [0.5, 0.6) is 0 Å². The van der Waals surface area contributed by atoms with Gasteiger partial charge in [0.05, 0.1) is 6.54 Å². The molecule has 19 heavy (non-hydrogen) atoms. The Hall–Kier alpha value is -1.75. The van der Waals surface area contributed by atoms with Crippen LogP contribution in [-0.2, 0) is 6.54 Å². The van der Waals surface area contributed by atoms with E-state index in [-0.39, 0.29) is 17.7 Å². The summed E-state index contributed by atoms with van der Waals surface area (Å²) in [7, 11) is 0. The zero-order valence-corrected chi connectivity index (χ0v) is 11.0. The van der Waals surface area contributed by atoms with Gasteiger partial charge in [-0.05, 0) is 37.6 Å². The molecule has 0 aliphatic rings. The molecular weight excluding hydrogens is 248 g/mol. The van der Waals surface area contributed by atoms with Crippen molar-refractivity contribution < 1.29 is 8.78 Å². The molecule has 1 atom stereocenters. The maximum atomic E-state index is 13.8. The molecule has 1 aromatic carbocycles. The van der Waals surface area contributed by atoms with Gasteiger partial charge in [0, 0.05) is 30.5 Å². The highest BCUT2D eigenvalue weighted by Gasteiger charge is 2.13. The summed E-state index contributed by atoms with van der Waals surface area (Å²) in [6.07, 6.45) is 3.57. The normalized spacial score (nSPS) is 12.6. The first-order valence-corrected chi connectivity index (χ1v) is 6.24. The van der Waals surface area contributed by atoms with Crippen molar-refractivity contribution in [3.05, 3.63) is 53.4 Å². The average Bonchev–Trinajstić information content (AvgIpc) is 2.86. The molecule has 2 rings (SSSR count). The first-order chi connectivity index (χ1) is 9.08. The summed E-state index contributed by atoms with van der Waals surface area (Å²) in [5, 5.41) is 7.23. The third-order valence-electron chi connectivity index (χ3n) is 3.10. The number of aryl methyl sites for hydroxylation is 1. The Morgan fingerprint density at radius 1 is 1.32 bits per heavy atom. The van der Waals surface area contributed by atoms with Gasteiger partial charge in [-0.15, -0.1) is 0 Å². The van der Waals surface area contributed by atoms with Crippen LogP contribution in [0.15, 0.2) is 30.6 Å². The van der Waals surface area contributed by atoms with Crippen LogP contribution in [-0.4, -0.2) is 16.3 Å². The van der Waals surface area contributed by atoms with Gasteiger partial charge in [0.15, 0.2) is 0 Å². The predicted molar refractivity (Wildman–Crippen MR) is 69.7 cm³/mol. The van der Waals surface area contributed by atoms with E-state index in [1.165, 1.54) is 12.1 Å². The molecule has 0 fully saturated rings. The summed E-state index contributed by atoms with van der Waals surface area (Å²) in [6, 6.07) is 4.09. The van der Waals surface area contributed by atoms with Crippen LogP contribution in [0.2, 0.25) is 0 Å². The largest absolute Gasteiger partial charge is 0.308 e. The molecule has 0 radical (unpaired) electrons. The van der Waals surface area contributed by atoms with Gasteiger partial charge in [-0.25, -0.2) is 8.78 Å². The molecule has 1 unspecified atom stereocenters. The molecule has 3 nitrogen and oxygen atoms in total. The molecule has 102 valence electrons. The second-order valence-electron chi connectivity index (χ2n) is 4.57. The molecule has 1 aromatic heterocycles. The lowest BCUT2D eigenvalue weighted by molar-refractivity contribution is 0.484. The molecule has 2 aromatic rings. The van der Waals surface area contributed by atoms with E-state index in [1.54, 1.807) is 17.8 Å². The molecule has 0 saturated heterocycles. The second kappa shape index (κ2) is 5.93. The van der Waals surface area contributed by atoms with Crippen molar-refractivity contribution in [2.45, 2.75) is 26.4 Å². The second-order valence-corrected chi connectivity index (χ2v) is 4.57. The third-order valence-corrected chi connectivity index (χ3v) is 3.10. The van der Waals surface area contributed by atoms with Gasteiger partial charge >= 0.3 is 0 Å². The van der Waals surface area contributed by atoms with E-state index < -0.39 is 0 Å². The van der Waals surface area contributed by atoms with Gasteiger partial charge in [-0.3, -0.25) is 4.68 Å². The minimum Gasteiger partial charge on any atom is -0.308 e. The Balaban J connectivity index is 1.96. The minimum absolute atomic E-state index is 0.245. The monoisotopic (exact) mass is 265 g/mol. The highest BCUT2D eigenvalue weighted by molar-refractivity contribution is 5.27. The first-order valence-electron chi connectivity index (χ1n) is 6.24. The van der Waals surface area contributed by atoms with Crippen molar-refractivity contribution in [3.63, 3.8) is 0 Å². The fourth-order valence-corrected chi connectivity index (χ4v) is 1.93. The van der Waals surface area contributed by atoms with Gasteiger partial charge in [0.2, 0.25) is 0 Å². The number of aromatic nitrogens is 2. The van der Waals surface area contributed by atoms with Gasteiger partial charge in [0.1, 0.15) is 11.6 Å². The van der Waals surface area contributed by atoms with Crippen molar-refractivity contribution in [1.29, 1.82) is 0 Å². The van der Waals surface area contributed by atoms with E-state index in [9.17, 15) is 8.78 Å². The molecule has 0 aliphatic carbocycles. The van der Waals surface area contributed by atoms with Crippen LogP contribution in [0, 0.1) is 18.6 Å². The van der Waals surface area contributed by atoms with Crippen LogP contribution in [0.3, 0.4) is 0 Å². The van der Waals surface area contributed by atoms with Gasteiger partial charge in [-0.1, -0.05) is 0 Å². The first kappa shape index (κ1) is 13.7. The van der Waals surface area contributed by atoms with Crippen LogP contribution >= 0.6 is 0 Å². The van der Waals surface area contributed by atoms with E-state index >= 15 is 0 Å². The fourth-order valence-electron chi connectivity index (χ4n) is 1.93. The van der Waals surface area contributed by atoms with E-state index in [1.807, 2.05) is 19.2 Å². The average molecular weight is 265 g/mol. The summed E-state index contributed by atoms with van der Waals surface area (Å²) in [5.41, 5.74) is 0.675. The Kier molecular flexibility index (Phi) is 4.27. The summed E-state index contributed by atoms with van der Waals surface area (Å²) in [5.74, 6) is -0.755. The highest BCUT2D eigenvalue weighted by atomic mass is 19.1. The van der Waals surface area contributed by atoms with E-state index in [4.69, 9.17) is 0 Å². The number of halogens is 2. The molecule has 0 aliphatic heterocycles. The van der Waals surface area contributed by atoms with E-state index in [0.717, 1.165) is 0 Å². The SMILES string of the molecule is Cc1cc(F)c(C(C)NCCn2cccn2)cc1F. The number of benzene rings is 1. The number of nitrogens with one attached hydrogen (secondary N) is 1. The zero-order valence-electron chi connectivity index (χ0n) is 11.0. The lowest BCUT2D eigenvalue weighted by atomic mass is 10.1. The smallest absolute Gasteiger partial charge is 0.128 e. The quantitative estimate of drug-likeness (QED) is 0.901. The summed E-state index contributed by atoms with van der Waals surface area (Å²) in [4.78, 5) is 0. The van der Waals surface area contributed by atoms with Crippen molar-refractivity contribution in [1.82, 2.24) is 15.1 Å². The topological polar surface area (TPSA) is 29.9 Å². The molecule has 1 heterocycles. The van der Waals surface area contributed by atoms with Crippen LogP contribution in [0.4, 0.5) is 8.78 Å². The molecule has 0 amide bonds. The van der Waals surface area contributed by atoms with Crippen molar-refractivity contribution in [3.8, 4) is 0 Å². The molecule has 0 saturated carbocycles. The van der Waals surface area contributed by atoms with Crippen LogP contribution in [0.25, 0.3) is 0 Å². The van der Waals surface area contributed by atoms with Crippen molar-refractivity contribution in [2.75, 3.05) is 6.54 Å². The third kappa shape index (κ3) is 3.38. The Bertz CT molecular complexity index is 538. The minimum atomic E-state index is -0.378. The summed E-state index contributed by atoms with van der Waals surface area (Å²) in [6.45, 7) is 4.69.